The number of sulfonamides is 1. The number of nitrogens with zero attached hydrogens (tertiary/aromatic N) is 4. The van der Waals surface area contributed by atoms with Crippen molar-refractivity contribution in [3.63, 3.8) is 0 Å². The number of fused-ring (bicyclic) bond motifs is 3. The van der Waals surface area contributed by atoms with E-state index in [0.717, 1.165) is 36.8 Å². The van der Waals surface area contributed by atoms with E-state index in [9.17, 15) is 27.2 Å². The van der Waals surface area contributed by atoms with Gasteiger partial charge < -0.3 is 29.3 Å². The van der Waals surface area contributed by atoms with Crippen LogP contribution in [0.3, 0.4) is 0 Å². The zero-order chi connectivity index (χ0) is 42.2. The van der Waals surface area contributed by atoms with Crippen LogP contribution in [-0.2, 0) is 26.2 Å². The summed E-state index contributed by atoms with van der Waals surface area (Å²) in [5.74, 6) is -0.452. The van der Waals surface area contributed by atoms with Crippen LogP contribution in [0.2, 0.25) is 0 Å². The number of rotatable bonds is 10. The fourth-order valence-corrected chi connectivity index (χ4v) is 9.53. The average Bonchev–Trinajstić information content (AvgIpc) is 4.17. The molecule has 3 fully saturated rings. The van der Waals surface area contributed by atoms with Crippen molar-refractivity contribution in [3.05, 3.63) is 89.8 Å². The molecule has 16 heteroatoms. The van der Waals surface area contributed by atoms with Crippen molar-refractivity contribution in [1.29, 1.82) is 0 Å². The highest BCUT2D eigenvalue weighted by Gasteiger charge is 2.62. The smallest absolute Gasteiger partial charge is 0.321 e. The molecule has 2 aliphatic carbocycles. The van der Waals surface area contributed by atoms with Gasteiger partial charge in [-0.05, 0) is 99.5 Å². The first-order valence-electron chi connectivity index (χ1n) is 20.4. The van der Waals surface area contributed by atoms with Crippen LogP contribution in [0.25, 0.3) is 22.3 Å². The first-order valence-corrected chi connectivity index (χ1v) is 21.9. The van der Waals surface area contributed by atoms with Crippen LogP contribution in [0, 0.1) is 18.7 Å². The second-order valence-corrected chi connectivity index (χ2v) is 18.0. The van der Waals surface area contributed by atoms with Crippen LogP contribution >= 0.6 is 0 Å². The van der Waals surface area contributed by atoms with Crippen LogP contribution in [-0.4, -0.2) is 96.3 Å². The molecule has 0 bridgehead atoms. The minimum absolute atomic E-state index is 0.00113. The van der Waals surface area contributed by atoms with E-state index < -0.39 is 56.5 Å². The Morgan fingerprint density at radius 1 is 0.983 bits per heavy atom. The van der Waals surface area contributed by atoms with Gasteiger partial charge in [-0.2, -0.15) is 4.98 Å². The zero-order valence-corrected chi connectivity index (χ0v) is 34.7. The molecule has 3 aromatic carbocycles. The van der Waals surface area contributed by atoms with Crippen molar-refractivity contribution in [2.45, 2.75) is 87.8 Å². The summed E-state index contributed by atoms with van der Waals surface area (Å²) in [6.45, 7) is 2.56. The molecular formula is C44H49FN6O8S. The first-order chi connectivity index (χ1) is 28.9. The van der Waals surface area contributed by atoms with Crippen LogP contribution in [0.1, 0.15) is 62.5 Å². The summed E-state index contributed by atoms with van der Waals surface area (Å²) in [6, 6.07) is 15.3. The quantitative estimate of drug-likeness (QED) is 0.186. The molecule has 8 rings (SSSR count). The van der Waals surface area contributed by atoms with Gasteiger partial charge in [0.1, 0.15) is 35.0 Å². The van der Waals surface area contributed by atoms with E-state index >= 15 is 0 Å². The lowest BCUT2D eigenvalue weighted by Crippen LogP contribution is -2.57. The van der Waals surface area contributed by atoms with E-state index in [2.05, 4.69) is 10.0 Å². The second-order valence-electron chi connectivity index (χ2n) is 16.1. The molecule has 2 aliphatic heterocycles. The predicted molar refractivity (Wildman–Crippen MR) is 221 cm³/mol. The molecule has 4 atom stereocenters. The number of nitrogens with one attached hydrogen (secondary N) is 2. The van der Waals surface area contributed by atoms with E-state index in [1.54, 1.807) is 43.4 Å². The maximum absolute atomic E-state index is 14.9. The van der Waals surface area contributed by atoms with Gasteiger partial charge in [0.2, 0.25) is 21.8 Å². The minimum Gasteiger partial charge on any atom is -0.497 e. The summed E-state index contributed by atoms with van der Waals surface area (Å²) >= 11 is 0. The molecule has 4 aromatic rings. The highest BCUT2D eigenvalue weighted by Crippen LogP contribution is 2.46. The number of hydrogen-bond acceptors (Lipinski definition) is 10. The minimum atomic E-state index is -3.91. The predicted octanol–water partition coefficient (Wildman–Crippen LogP) is 5.82. The summed E-state index contributed by atoms with van der Waals surface area (Å²) in [5.41, 5.74) is 1.20. The number of aryl methyl sites for hydroxylation is 1. The highest BCUT2D eigenvalue weighted by atomic mass is 32.2. The Labute approximate surface area is 348 Å². The third-order valence-electron chi connectivity index (χ3n) is 11.9. The second kappa shape index (κ2) is 16.7. The van der Waals surface area contributed by atoms with E-state index in [1.807, 2.05) is 43.3 Å². The number of halogens is 1. The van der Waals surface area contributed by atoms with E-state index in [0.29, 0.717) is 47.4 Å². The van der Waals surface area contributed by atoms with Gasteiger partial charge in [-0.25, -0.2) is 22.6 Å². The summed E-state index contributed by atoms with van der Waals surface area (Å²) in [5, 5.41) is 2.88. The molecule has 0 spiro atoms. The molecule has 2 saturated carbocycles. The Kier molecular flexibility index (Phi) is 11.4. The van der Waals surface area contributed by atoms with Gasteiger partial charge in [0.05, 0.1) is 36.9 Å². The van der Waals surface area contributed by atoms with Crippen LogP contribution < -0.4 is 24.2 Å². The molecule has 1 saturated heterocycles. The van der Waals surface area contributed by atoms with E-state index in [4.69, 9.17) is 24.2 Å². The summed E-state index contributed by atoms with van der Waals surface area (Å²) in [4.78, 5) is 56.2. The molecule has 2 N–H and O–H groups in total. The van der Waals surface area contributed by atoms with Crippen LogP contribution in [0.15, 0.2) is 72.8 Å². The lowest BCUT2D eigenvalue weighted by atomic mass is 10.1. The van der Waals surface area contributed by atoms with Gasteiger partial charge in [-0.3, -0.25) is 14.3 Å². The average molecular weight is 841 g/mol. The fourth-order valence-electron chi connectivity index (χ4n) is 8.17. The molecule has 0 radical (unpaired) electrons. The molecule has 3 heterocycles. The number of amides is 4. The molecule has 316 valence electrons. The maximum atomic E-state index is 14.9. The number of allylic oxidation sites excluding steroid dienone is 1. The summed E-state index contributed by atoms with van der Waals surface area (Å²) in [6.07, 6.45) is 7.45. The molecule has 14 nitrogen and oxygen atoms in total. The standard InChI is InChI=1S/C44H49FN6O8S/c1-27-37(58-3)21-20-35-38(27)46-39(29-12-14-31(45)15-13-29)47-41(35)59-33-23-36-40(52)48-44(42(53)49-60(55,56)34-18-19-34)24-30(44)9-7-5-4-6-8-22-50(43(54)51(36)26-33)25-28-10-16-32(57-2)17-11-28/h7,9-17,20-21,30,33-34,36H,4-6,8,18-19,22-26H2,1-3H3,(H,48,52)(H,49,53)/t30-,33-,36+,44-/m1/s1. The monoisotopic (exact) mass is 840 g/mol. The highest BCUT2D eigenvalue weighted by molar-refractivity contribution is 7.91. The largest absolute Gasteiger partial charge is 0.497 e. The third kappa shape index (κ3) is 8.47. The molecule has 4 aliphatic rings. The molecule has 4 amide bonds. The van der Waals surface area contributed by atoms with E-state index in [1.165, 1.54) is 17.0 Å². The Morgan fingerprint density at radius 3 is 2.47 bits per heavy atom. The topological polar surface area (TPSA) is 169 Å². The normalized spacial score (nSPS) is 23.5. The zero-order valence-electron chi connectivity index (χ0n) is 33.9. The van der Waals surface area contributed by atoms with E-state index in [-0.39, 0.29) is 43.7 Å². The van der Waals surface area contributed by atoms with Crippen molar-refractivity contribution in [2.75, 3.05) is 27.3 Å². The summed E-state index contributed by atoms with van der Waals surface area (Å²) < 4.78 is 59.7. The number of urea groups is 1. The number of aromatic nitrogens is 2. The number of methoxy groups -OCH3 is 2. The lowest BCUT2D eigenvalue weighted by Gasteiger charge is -2.32. The van der Waals surface area contributed by atoms with Gasteiger partial charge in [0.25, 0.3) is 5.91 Å². The van der Waals surface area contributed by atoms with Crippen LogP contribution in [0.5, 0.6) is 17.4 Å². The number of carbonyl (C=O) groups is 3. The van der Waals surface area contributed by atoms with Gasteiger partial charge in [0, 0.05) is 36.6 Å². The Bertz CT molecular complexity index is 2430. The Hall–Kier alpha value is -5.77. The van der Waals surface area contributed by atoms with Gasteiger partial charge in [-0.1, -0.05) is 30.7 Å². The third-order valence-corrected chi connectivity index (χ3v) is 13.7. The molecule has 0 unspecified atom stereocenters. The van der Waals surface area contributed by atoms with Crippen molar-refractivity contribution < 1.29 is 41.4 Å². The van der Waals surface area contributed by atoms with Crippen molar-refractivity contribution >= 4 is 38.8 Å². The Balaban J connectivity index is 1.15. The van der Waals surface area contributed by atoms with Gasteiger partial charge in [0.15, 0.2) is 5.82 Å². The molecule has 60 heavy (non-hydrogen) atoms. The maximum Gasteiger partial charge on any atom is 0.321 e. The number of hydrogen-bond donors (Lipinski definition) is 2. The number of carbonyl (C=O) groups excluding carboxylic acids is 3. The number of benzene rings is 3. The lowest BCUT2D eigenvalue weighted by molar-refractivity contribution is -0.131. The summed E-state index contributed by atoms with van der Waals surface area (Å²) in [7, 11) is -0.756. The van der Waals surface area contributed by atoms with Crippen molar-refractivity contribution in [2.24, 2.45) is 5.92 Å². The Morgan fingerprint density at radius 2 is 1.75 bits per heavy atom. The van der Waals surface area contributed by atoms with Gasteiger partial charge >= 0.3 is 6.03 Å². The molecule has 1 aromatic heterocycles. The van der Waals surface area contributed by atoms with Crippen molar-refractivity contribution in [3.8, 4) is 28.8 Å². The molecular weight excluding hydrogens is 792 g/mol. The van der Waals surface area contributed by atoms with Crippen LogP contribution in [0.4, 0.5) is 9.18 Å². The number of ether oxygens (including phenoxy) is 3. The van der Waals surface area contributed by atoms with Crippen molar-refractivity contribution in [1.82, 2.24) is 29.8 Å². The first kappa shape index (κ1) is 41.0. The SMILES string of the molecule is COc1ccc(CN2CCCCCC=C[C@@H]3C[C@@]3(C(=O)NS(=O)(=O)C3CC3)NC(=O)[C@@H]3C[C@@H](Oc4nc(-c5ccc(F)cc5)nc5c(C)c(OC)ccc45)CN3C2=O)cc1. The van der Waals surface area contributed by atoms with Gasteiger partial charge in [-0.15, -0.1) is 0 Å². The fraction of sp³-hybridized carbons (Fsp3) is 0.432.